The van der Waals surface area contributed by atoms with Gasteiger partial charge in [-0.05, 0) is 52.7 Å². The first-order valence-corrected chi connectivity index (χ1v) is 9.85. The Balaban J connectivity index is 2.04. The predicted octanol–water partition coefficient (Wildman–Crippen LogP) is 1.82. The molecule has 146 valence electrons. The predicted molar refractivity (Wildman–Crippen MR) is 103 cm³/mol. The lowest BCUT2D eigenvalue weighted by atomic mass is 10.1. The molecular weight excluding hydrogens is 330 g/mol. The fourth-order valence-corrected chi connectivity index (χ4v) is 3.24. The van der Waals surface area contributed by atoms with Gasteiger partial charge in [0.2, 0.25) is 0 Å². The number of rotatable bonds is 10. The minimum absolute atomic E-state index is 0.167. The van der Waals surface area contributed by atoms with Crippen LogP contribution in [0.15, 0.2) is 0 Å². The van der Waals surface area contributed by atoms with E-state index in [1.54, 1.807) is 0 Å². The molecule has 26 heavy (non-hydrogen) atoms. The summed E-state index contributed by atoms with van der Waals surface area (Å²) in [5.41, 5.74) is 1.33. The third kappa shape index (κ3) is 5.56. The van der Waals surface area contributed by atoms with Crippen molar-refractivity contribution in [3.63, 3.8) is 0 Å². The first-order valence-electron chi connectivity index (χ1n) is 9.85. The monoisotopic (exact) mass is 363 g/mol. The summed E-state index contributed by atoms with van der Waals surface area (Å²) in [7, 11) is 4.03. The molecule has 0 aromatic carbocycles. The smallest absolute Gasteiger partial charge is 0.287 e. The third-order valence-electron chi connectivity index (χ3n) is 4.67. The summed E-state index contributed by atoms with van der Waals surface area (Å²) in [5, 5.41) is 5.88. The molecule has 1 aromatic heterocycles. The molecule has 0 bridgehead atoms. The molecule has 2 heterocycles. The molecule has 0 aliphatic carbocycles. The lowest BCUT2D eigenvalue weighted by molar-refractivity contribution is 0.0937. The van der Waals surface area contributed by atoms with E-state index in [9.17, 15) is 9.59 Å². The molecule has 1 aliphatic heterocycles. The van der Waals surface area contributed by atoms with E-state index in [4.69, 9.17) is 0 Å². The van der Waals surface area contributed by atoms with E-state index >= 15 is 0 Å². The van der Waals surface area contributed by atoms with Crippen molar-refractivity contribution in [1.82, 2.24) is 25.1 Å². The highest BCUT2D eigenvalue weighted by Crippen LogP contribution is 2.21. The van der Waals surface area contributed by atoms with Gasteiger partial charge in [-0.2, -0.15) is 0 Å². The van der Waals surface area contributed by atoms with Gasteiger partial charge in [-0.25, -0.2) is 4.98 Å². The van der Waals surface area contributed by atoms with Gasteiger partial charge in [-0.1, -0.05) is 19.8 Å². The number of hydrogen-bond donors (Lipinski definition) is 2. The van der Waals surface area contributed by atoms with Crippen LogP contribution in [0, 0.1) is 0 Å². The summed E-state index contributed by atoms with van der Waals surface area (Å²) >= 11 is 0. The molecule has 0 radical (unpaired) electrons. The average Bonchev–Trinajstić information content (AvgIpc) is 3.02. The summed E-state index contributed by atoms with van der Waals surface area (Å²) in [6.45, 7) is 5.08. The summed E-state index contributed by atoms with van der Waals surface area (Å²) in [6.07, 6.45) is 6.92. The topological polar surface area (TPSA) is 79.3 Å². The molecule has 0 fully saturated rings. The zero-order chi connectivity index (χ0) is 18.9. The van der Waals surface area contributed by atoms with Crippen LogP contribution in [0.4, 0.5) is 0 Å². The number of unbranched alkanes of at least 4 members (excludes halogenated alkanes) is 2. The van der Waals surface area contributed by atoms with Crippen LogP contribution in [0.5, 0.6) is 0 Å². The second kappa shape index (κ2) is 10.3. The Hall–Kier alpha value is -1.89. The molecule has 0 saturated carbocycles. The van der Waals surface area contributed by atoms with Gasteiger partial charge in [-0.3, -0.25) is 9.59 Å². The molecule has 0 spiro atoms. The zero-order valence-corrected chi connectivity index (χ0v) is 16.4. The minimum atomic E-state index is -0.170. The second-order valence-electron chi connectivity index (χ2n) is 7.22. The van der Waals surface area contributed by atoms with Crippen LogP contribution in [0.25, 0.3) is 0 Å². The number of aromatic nitrogens is 2. The number of amides is 2. The number of fused-ring (bicyclic) bond motifs is 1. The summed E-state index contributed by atoms with van der Waals surface area (Å²) in [4.78, 5) is 31.6. The highest BCUT2D eigenvalue weighted by molar-refractivity contribution is 5.97. The van der Waals surface area contributed by atoms with Crippen molar-refractivity contribution in [1.29, 1.82) is 0 Å². The molecule has 2 amide bonds. The largest absolute Gasteiger partial charge is 0.351 e. The molecule has 1 aromatic rings. The van der Waals surface area contributed by atoms with Gasteiger partial charge in [0.1, 0.15) is 5.69 Å². The van der Waals surface area contributed by atoms with Crippen molar-refractivity contribution in [2.75, 3.05) is 33.7 Å². The number of carbonyl (C=O) groups is 2. The molecular formula is C19H33N5O2. The van der Waals surface area contributed by atoms with Gasteiger partial charge in [0.05, 0.1) is 5.69 Å². The first-order chi connectivity index (χ1) is 12.5. The van der Waals surface area contributed by atoms with E-state index < -0.39 is 0 Å². The highest BCUT2D eigenvalue weighted by Gasteiger charge is 2.27. The molecule has 7 heteroatoms. The molecule has 2 rings (SSSR count). The highest BCUT2D eigenvalue weighted by atomic mass is 16.2. The minimum Gasteiger partial charge on any atom is -0.351 e. The summed E-state index contributed by atoms with van der Waals surface area (Å²) < 4.78 is 1.94. The number of nitrogens with one attached hydrogen (secondary N) is 2. The molecule has 1 aliphatic rings. The van der Waals surface area contributed by atoms with E-state index in [-0.39, 0.29) is 11.8 Å². The van der Waals surface area contributed by atoms with Gasteiger partial charge in [-0.15, -0.1) is 0 Å². The van der Waals surface area contributed by atoms with Crippen LogP contribution >= 0.6 is 0 Å². The van der Waals surface area contributed by atoms with E-state index in [1.165, 1.54) is 0 Å². The van der Waals surface area contributed by atoms with Crippen molar-refractivity contribution < 1.29 is 9.59 Å². The van der Waals surface area contributed by atoms with Gasteiger partial charge < -0.3 is 20.1 Å². The summed E-state index contributed by atoms with van der Waals surface area (Å²) in [6, 6.07) is 0. The van der Waals surface area contributed by atoms with E-state index in [0.29, 0.717) is 24.6 Å². The molecule has 7 nitrogen and oxygen atoms in total. The number of imidazole rings is 1. The fraction of sp³-hybridized carbons (Fsp3) is 0.737. The fourth-order valence-electron chi connectivity index (χ4n) is 3.24. The van der Waals surface area contributed by atoms with Crippen molar-refractivity contribution in [3.8, 4) is 0 Å². The Morgan fingerprint density at radius 2 is 1.81 bits per heavy atom. The Morgan fingerprint density at radius 1 is 1.08 bits per heavy atom. The Labute approximate surface area is 156 Å². The standard InChI is InChI=1S/C19H33N5O2/c1-4-5-7-11-21-19(26)17-22-16(15-10-6-8-14-24(15)17)18(25)20-12-9-13-23(2)3/h4-14H2,1-3H3,(H,20,25)(H,21,26). The Bertz CT molecular complexity index is 609. The third-order valence-corrected chi connectivity index (χ3v) is 4.67. The maximum Gasteiger partial charge on any atom is 0.287 e. The number of nitrogens with zero attached hydrogens (tertiary/aromatic N) is 3. The van der Waals surface area contributed by atoms with Gasteiger partial charge in [0, 0.05) is 19.6 Å². The van der Waals surface area contributed by atoms with Crippen LogP contribution in [-0.4, -0.2) is 60.0 Å². The molecule has 0 unspecified atom stereocenters. The van der Waals surface area contributed by atoms with Gasteiger partial charge in [0.25, 0.3) is 11.8 Å². The molecule has 0 saturated heterocycles. The second-order valence-corrected chi connectivity index (χ2v) is 7.22. The van der Waals surface area contributed by atoms with Crippen molar-refractivity contribution >= 4 is 11.8 Å². The van der Waals surface area contributed by atoms with Crippen LogP contribution < -0.4 is 10.6 Å². The van der Waals surface area contributed by atoms with E-state index in [1.807, 2.05) is 18.7 Å². The lowest BCUT2D eigenvalue weighted by Crippen LogP contribution is -2.28. The normalized spacial score (nSPS) is 13.5. The van der Waals surface area contributed by atoms with Crippen LogP contribution in [0.2, 0.25) is 0 Å². The van der Waals surface area contributed by atoms with E-state index in [2.05, 4.69) is 27.4 Å². The number of carbonyl (C=O) groups excluding carboxylic acids is 2. The van der Waals surface area contributed by atoms with Crippen molar-refractivity contribution in [2.24, 2.45) is 0 Å². The van der Waals surface area contributed by atoms with Crippen molar-refractivity contribution in [2.45, 2.75) is 58.4 Å². The maximum atomic E-state index is 12.6. The van der Waals surface area contributed by atoms with Crippen LogP contribution in [0.3, 0.4) is 0 Å². The van der Waals surface area contributed by atoms with Gasteiger partial charge >= 0.3 is 0 Å². The quantitative estimate of drug-likeness (QED) is 0.622. The number of hydrogen-bond acceptors (Lipinski definition) is 4. The maximum absolute atomic E-state index is 12.6. The molecule has 0 atom stereocenters. The molecule has 2 N–H and O–H groups in total. The van der Waals surface area contributed by atoms with Crippen molar-refractivity contribution in [3.05, 3.63) is 17.2 Å². The Morgan fingerprint density at radius 3 is 2.54 bits per heavy atom. The van der Waals surface area contributed by atoms with E-state index in [0.717, 1.165) is 63.7 Å². The Kier molecular flexibility index (Phi) is 8.09. The van der Waals surface area contributed by atoms with Gasteiger partial charge in [0.15, 0.2) is 5.82 Å². The average molecular weight is 364 g/mol. The van der Waals surface area contributed by atoms with Crippen LogP contribution in [-0.2, 0) is 13.0 Å². The SMILES string of the molecule is CCCCCNC(=O)c1nc(C(=O)NCCCN(C)C)c2n1CCCC2. The first kappa shape index (κ1) is 20.4. The summed E-state index contributed by atoms with van der Waals surface area (Å²) in [5.74, 6) is 0.0463. The lowest BCUT2D eigenvalue weighted by Gasteiger charge is -2.17. The van der Waals surface area contributed by atoms with Crippen LogP contribution in [0.1, 0.15) is 72.3 Å². The zero-order valence-electron chi connectivity index (χ0n) is 16.4.